The quantitative estimate of drug-likeness (QED) is 0.468. The molecule has 0 saturated carbocycles. The topological polar surface area (TPSA) is 43.1 Å². The lowest BCUT2D eigenvalue weighted by molar-refractivity contribution is -0.120. The van der Waals surface area contributed by atoms with Crippen LogP contribution in [0.1, 0.15) is 39.0 Å². The fourth-order valence-corrected chi connectivity index (χ4v) is 0.992. The van der Waals surface area contributed by atoms with Crippen LogP contribution < -0.4 is 5.73 Å². The molecule has 0 aromatic carbocycles. The van der Waals surface area contributed by atoms with E-state index >= 15 is 0 Å². The van der Waals surface area contributed by atoms with Crippen LogP contribution in [0.25, 0.3) is 0 Å². The average molecular weight is 169 g/mol. The highest BCUT2D eigenvalue weighted by Gasteiger charge is 2.05. The summed E-state index contributed by atoms with van der Waals surface area (Å²) in [7, 11) is 0. The van der Waals surface area contributed by atoms with E-state index in [1.165, 1.54) is 0 Å². The second kappa shape index (κ2) is 7.04. The van der Waals surface area contributed by atoms with Gasteiger partial charge in [0, 0.05) is 6.42 Å². The summed E-state index contributed by atoms with van der Waals surface area (Å²) >= 11 is 0. The highest BCUT2D eigenvalue weighted by atomic mass is 16.1. The van der Waals surface area contributed by atoms with Crippen molar-refractivity contribution >= 4 is 5.78 Å². The van der Waals surface area contributed by atoms with E-state index in [9.17, 15) is 4.79 Å². The zero-order chi connectivity index (χ0) is 9.40. The normalized spacial score (nSPS) is 12.5. The summed E-state index contributed by atoms with van der Waals surface area (Å²) in [5.41, 5.74) is 5.41. The molecule has 70 valence electrons. The standard InChI is InChI=1S/C10H19NO/c1-3-4-5-6-7-8-10(12)9(2)11/h3,9H,1,4-8,11H2,2H3. The van der Waals surface area contributed by atoms with Crippen molar-refractivity contribution in [1.29, 1.82) is 0 Å². The maximum atomic E-state index is 11.0. The van der Waals surface area contributed by atoms with E-state index in [-0.39, 0.29) is 11.8 Å². The summed E-state index contributed by atoms with van der Waals surface area (Å²) in [5.74, 6) is 0.175. The van der Waals surface area contributed by atoms with Gasteiger partial charge in [-0.05, 0) is 26.2 Å². The summed E-state index contributed by atoms with van der Waals surface area (Å²) in [6.07, 6.45) is 6.79. The second-order valence-corrected chi connectivity index (χ2v) is 3.14. The maximum absolute atomic E-state index is 11.0. The predicted molar refractivity (Wildman–Crippen MR) is 51.9 cm³/mol. The Labute approximate surface area is 74.8 Å². The van der Waals surface area contributed by atoms with E-state index in [1.54, 1.807) is 6.92 Å². The first-order valence-electron chi connectivity index (χ1n) is 4.57. The number of unbranched alkanes of at least 4 members (excludes halogenated alkanes) is 3. The number of carbonyl (C=O) groups is 1. The second-order valence-electron chi connectivity index (χ2n) is 3.14. The Morgan fingerprint density at radius 2 is 2.17 bits per heavy atom. The lowest BCUT2D eigenvalue weighted by Crippen LogP contribution is -2.26. The molecule has 0 aliphatic carbocycles. The summed E-state index contributed by atoms with van der Waals surface area (Å²) in [4.78, 5) is 11.0. The Hall–Kier alpha value is -0.630. The van der Waals surface area contributed by atoms with Crippen molar-refractivity contribution in [3.05, 3.63) is 12.7 Å². The minimum atomic E-state index is -0.288. The fourth-order valence-electron chi connectivity index (χ4n) is 0.992. The smallest absolute Gasteiger partial charge is 0.149 e. The van der Waals surface area contributed by atoms with Crippen molar-refractivity contribution in [2.75, 3.05) is 0 Å². The van der Waals surface area contributed by atoms with Crippen molar-refractivity contribution in [2.24, 2.45) is 5.73 Å². The lowest BCUT2D eigenvalue weighted by Gasteiger charge is -2.02. The molecule has 0 aliphatic heterocycles. The van der Waals surface area contributed by atoms with Gasteiger partial charge in [-0.3, -0.25) is 4.79 Å². The molecular weight excluding hydrogens is 150 g/mol. The van der Waals surface area contributed by atoms with E-state index in [2.05, 4.69) is 6.58 Å². The molecule has 0 amide bonds. The Bertz CT molecular complexity index is 141. The molecule has 0 saturated heterocycles. The van der Waals surface area contributed by atoms with Gasteiger partial charge in [-0.2, -0.15) is 0 Å². The first-order valence-corrected chi connectivity index (χ1v) is 4.57. The molecular formula is C10H19NO. The number of rotatable bonds is 7. The zero-order valence-corrected chi connectivity index (χ0v) is 7.88. The molecule has 0 bridgehead atoms. The first-order chi connectivity index (χ1) is 5.68. The van der Waals surface area contributed by atoms with Crippen molar-refractivity contribution < 1.29 is 4.79 Å². The molecule has 2 N–H and O–H groups in total. The maximum Gasteiger partial charge on any atom is 0.149 e. The van der Waals surface area contributed by atoms with Crippen LogP contribution in [0.15, 0.2) is 12.7 Å². The van der Waals surface area contributed by atoms with Gasteiger partial charge in [0.05, 0.1) is 6.04 Å². The molecule has 12 heavy (non-hydrogen) atoms. The molecule has 0 aliphatic rings. The predicted octanol–water partition coefficient (Wildman–Crippen LogP) is 2.04. The van der Waals surface area contributed by atoms with Crippen molar-refractivity contribution in [3.63, 3.8) is 0 Å². The van der Waals surface area contributed by atoms with Gasteiger partial charge in [-0.1, -0.05) is 12.5 Å². The summed E-state index contributed by atoms with van der Waals surface area (Å²) in [5, 5.41) is 0. The van der Waals surface area contributed by atoms with Crippen LogP contribution in [0.3, 0.4) is 0 Å². The van der Waals surface area contributed by atoms with Gasteiger partial charge >= 0.3 is 0 Å². The van der Waals surface area contributed by atoms with Crippen LogP contribution in [0, 0.1) is 0 Å². The van der Waals surface area contributed by atoms with E-state index in [4.69, 9.17) is 5.73 Å². The van der Waals surface area contributed by atoms with Gasteiger partial charge in [-0.25, -0.2) is 0 Å². The minimum Gasteiger partial charge on any atom is -0.322 e. The molecule has 0 aromatic rings. The number of hydrogen-bond acceptors (Lipinski definition) is 2. The molecule has 0 spiro atoms. The molecule has 0 radical (unpaired) electrons. The van der Waals surface area contributed by atoms with E-state index in [0.29, 0.717) is 6.42 Å². The van der Waals surface area contributed by atoms with Gasteiger partial charge in [0.15, 0.2) is 0 Å². The SMILES string of the molecule is C=CCCCCCC(=O)C(C)N. The van der Waals surface area contributed by atoms with Crippen molar-refractivity contribution in [2.45, 2.75) is 45.1 Å². The highest BCUT2D eigenvalue weighted by Crippen LogP contribution is 2.04. The van der Waals surface area contributed by atoms with E-state index < -0.39 is 0 Å². The van der Waals surface area contributed by atoms with Crippen LogP contribution in [0.2, 0.25) is 0 Å². The van der Waals surface area contributed by atoms with Gasteiger partial charge in [0.25, 0.3) is 0 Å². The minimum absolute atomic E-state index is 0.175. The number of nitrogens with two attached hydrogens (primary N) is 1. The molecule has 0 heterocycles. The number of Topliss-reactive ketones (excluding diaryl/α,β-unsaturated/α-hetero) is 1. The molecule has 2 nitrogen and oxygen atoms in total. The van der Waals surface area contributed by atoms with Crippen LogP contribution in [-0.2, 0) is 4.79 Å². The number of allylic oxidation sites excluding steroid dienone is 1. The Morgan fingerprint density at radius 3 is 2.67 bits per heavy atom. The molecule has 2 heteroatoms. The van der Waals surface area contributed by atoms with Crippen molar-refractivity contribution in [3.8, 4) is 0 Å². The molecule has 1 unspecified atom stereocenters. The van der Waals surface area contributed by atoms with Crippen LogP contribution in [0.4, 0.5) is 0 Å². The summed E-state index contributed by atoms with van der Waals surface area (Å²) < 4.78 is 0. The molecule has 0 fully saturated rings. The number of ketones is 1. The average Bonchev–Trinajstić information content (AvgIpc) is 2.03. The van der Waals surface area contributed by atoms with Gasteiger partial charge in [0.1, 0.15) is 5.78 Å². The first kappa shape index (κ1) is 11.4. The van der Waals surface area contributed by atoms with Gasteiger partial charge in [0.2, 0.25) is 0 Å². The third kappa shape index (κ3) is 6.10. The van der Waals surface area contributed by atoms with Gasteiger partial charge in [-0.15, -0.1) is 6.58 Å². The molecule has 0 rings (SSSR count). The van der Waals surface area contributed by atoms with E-state index in [0.717, 1.165) is 25.7 Å². The fraction of sp³-hybridized carbons (Fsp3) is 0.700. The monoisotopic (exact) mass is 169 g/mol. The number of carbonyl (C=O) groups excluding carboxylic acids is 1. The third-order valence-corrected chi connectivity index (χ3v) is 1.84. The van der Waals surface area contributed by atoms with E-state index in [1.807, 2.05) is 6.08 Å². The molecule has 1 atom stereocenters. The largest absolute Gasteiger partial charge is 0.322 e. The Morgan fingerprint density at radius 1 is 1.50 bits per heavy atom. The third-order valence-electron chi connectivity index (χ3n) is 1.84. The summed E-state index contributed by atoms with van der Waals surface area (Å²) in [6.45, 7) is 5.38. The van der Waals surface area contributed by atoms with Crippen LogP contribution in [-0.4, -0.2) is 11.8 Å². The highest BCUT2D eigenvalue weighted by molar-refractivity contribution is 5.83. The summed E-state index contributed by atoms with van der Waals surface area (Å²) in [6, 6.07) is -0.288. The van der Waals surface area contributed by atoms with Gasteiger partial charge < -0.3 is 5.73 Å². The van der Waals surface area contributed by atoms with Crippen LogP contribution >= 0.6 is 0 Å². The Kier molecular flexibility index (Phi) is 6.67. The number of hydrogen-bond donors (Lipinski definition) is 1. The zero-order valence-electron chi connectivity index (χ0n) is 7.88. The lowest BCUT2D eigenvalue weighted by atomic mass is 10.1. The Balaban J connectivity index is 3.19. The van der Waals surface area contributed by atoms with Crippen LogP contribution in [0.5, 0.6) is 0 Å². The van der Waals surface area contributed by atoms with Crippen molar-refractivity contribution in [1.82, 2.24) is 0 Å². The molecule has 0 aromatic heterocycles.